The molecule has 0 unspecified atom stereocenters. The number of halogens is 1. The summed E-state index contributed by atoms with van der Waals surface area (Å²) in [4.78, 5) is 4.44. The highest BCUT2D eigenvalue weighted by atomic mass is 79.9. The Balaban J connectivity index is 3.20. The minimum atomic E-state index is 0.953. The van der Waals surface area contributed by atoms with Crippen molar-refractivity contribution in [2.75, 3.05) is 19.1 Å². The van der Waals surface area contributed by atoms with Crippen LogP contribution in [0.5, 0.6) is 0 Å². The zero-order valence-corrected chi connectivity index (χ0v) is 9.94. The maximum Gasteiger partial charge on any atom is 0.146 e. The first-order valence-electron chi connectivity index (χ1n) is 4.11. The minimum absolute atomic E-state index is 0.953. The van der Waals surface area contributed by atoms with Gasteiger partial charge in [-0.2, -0.15) is 0 Å². The second-order valence-electron chi connectivity index (χ2n) is 2.98. The van der Waals surface area contributed by atoms with E-state index in [0.717, 1.165) is 21.5 Å². The number of aryl methyl sites for hydroxylation is 1. The van der Waals surface area contributed by atoms with Gasteiger partial charge in [0.15, 0.2) is 0 Å². The molecule has 0 bridgehead atoms. The fourth-order valence-corrected chi connectivity index (χ4v) is 1.62. The van der Waals surface area contributed by atoms with Gasteiger partial charge in [-0.1, -0.05) is 15.9 Å². The average molecular weight is 244 g/mol. The van der Waals surface area contributed by atoms with Gasteiger partial charge in [-0.05, 0) is 19.9 Å². The molecule has 0 amide bonds. The van der Waals surface area contributed by atoms with Crippen molar-refractivity contribution in [3.8, 4) is 0 Å². The molecule has 0 aliphatic carbocycles. The molecule has 4 heteroatoms. The molecule has 0 fully saturated rings. The van der Waals surface area contributed by atoms with Gasteiger partial charge in [0.2, 0.25) is 0 Å². The summed E-state index contributed by atoms with van der Waals surface area (Å²) in [6, 6.07) is 2.02. The average Bonchev–Trinajstić information content (AvgIpc) is 2.10. The van der Waals surface area contributed by atoms with Gasteiger partial charge in [0.1, 0.15) is 5.82 Å². The quantitative estimate of drug-likeness (QED) is 0.807. The van der Waals surface area contributed by atoms with E-state index in [1.54, 1.807) is 0 Å². The van der Waals surface area contributed by atoms with E-state index >= 15 is 0 Å². The number of anilines is 1. The lowest BCUT2D eigenvalue weighted by molar-refractivity contribution is 0.769. The minimum Gasteiger partial charge on any atom is -0.295 e. The van der Waals surface area contributed by atoms with Gasteiger partial charge in [-0.3, -0.25) is 5.01 Å². The zero-order valence-electron chi connectivity index (χ0n) is 8.35. The van der Waals surface area contributed by atoms with Gasteiger partial charge in [0.05, 0.1) is 0 Å². The van der Waals surface area contributed by atoms with E-state index in [0.29, 0.717) is 0 Å². The Morgan fingerprint density at radius 1 is 1.46 bits per heavy atom. The Bertz CT molecular complexity index is 312. The smallest absolute Gasteiger partial charge is 0.146 e. The Morgan fingerprint density at radius 2 is 2.08 bits per heavy atom. The summed E-state index contributed by atoms with van der Waals surface area (Å²) in [7, 11) is 3.82. The molecule has 0 radical (unpaired) electrons. The van der Waals surface area contributed by atoms with Crippen molar-refractivity contribution in [1.82, 2.24) is 10.4 Å². The molecule has 1 rings (SSSR count). The van der Waals surface area contributed by atoms with Crippen molar-refractivity contribution in [1.29, 1.82) is 0 Å². The van der Waals surface area contributed by atoms with Crippen LogP contribution in [0.1, 0.15) is 11.3 Å². The van der Waals surface area contributed by atoms with Crippen molar-refractivity contribution in [2.24, 2.45) is 0 Å². The van der Waals surface area contributed by atoms with Crippen LogP contribution in [0.4, 0.5) is 5.82 Å². The number of hydrazine groups is 1. The highest BCUT2D eigenvalue weighted by Gasteiger charge is 2.08. The van der Waals surface area contributed by atoms with Crippen molar-refractivity contribution in [3.63, 3.8) is 0 Å². The van der Waals surface area contributed by atoms with Crippen LogP contribution in [0, 0.1) is 13.8 Å². The van der Waals surface area contributed by atoms with E-state index in [9.17, 15) is 0 Å². The van der Waals surface area contributed by atoms with Crippen molar-refractivity contribution in [2.45, 2.75) is 13.8 Å². The first-order chi connectivity index (χ1) is 6.06. The van der Waals surface area contributed by atoms with Gasteiger partial charge in [-0.25, -0.2) is 10.4 Å². The summed E-state index contributed by atoms with van der Waals surface area (Å²) in [5, 5.41) is 1.90. The first kappa shape index (κ1) is 10.5. The number of pyridine rings is 1. The lowest BCUT2D eigenvalue weighted by atomic mass is 10.2. The van der Waals surface area contributed by atoms with Crippen LogP contribution in [0.25, 0.3) is 0 Å². The Labute approximate surface area is 87.3 Å². The van der Waals surface area contributed by atoms with E-state index in [-0.39, 0.29) is 0 Å². The summed E-state index contributed by atoms with van der Waals surface area (Å²) in [6.07, 6.45) is 0. The maximum atomic E-state index is 4.44. The second kappa shape index (κ2) is 4.07. The highest BCUT2D eigenvalue weighted by Crippen LogP contribution is 2.24. The third-order valence-electron chi connectivity index (χ3n) is 1.96. The molecule has 0 aliphatic heterocycles. The fraction of sp³-hybridized carbons (Fsp3) is 0.444. The molecule has 13 heavy (non-hydrogen) atoms. The number of hydrogen-bond acceptors (Lipinski definition) is 3. The number of hydrogen-bond donors (Lipinski definition) is 1. The standard InChI is InChI=1S/C9H14BrN3/c1-6-5-8(10)7(2)9(12-6)13(4)11-3/h5,11H,1-4H3. The summed E-state index contributed by atoms with van der Waals surface area (Å²) >= 11 is 3.50. The molecule has 3 nitrogen and oxygen atoms in total. The van der Waals surface area contributed by atoms with E-state index < -0.39 is 0 Å². The molecule has 1 heterocycles. The predicted octanol–water partition coefficient (Wildman–Crippen LogP) is 2.03. The number of nitrogens with one attached hydrogen (secondary N) is 1. The lowest BCUT2D eigenvalue weighted by Gasteiger charge is -2.19. The highest BCUT2D eigenvalue weighted by molar-refractivity contribution is 9.10. The van der Waals surface area contributed by atoms with Crippen LogP contribution in [0.2, 0.25) is 0 Å². The second-order valence-corrected chi connectivity index (χ2v) is 3.83. The fourth-order valence-electron chi connectivity index (χ4n) is 1.11. The largest absolute Gasteiger partial charge is 0.295 e. The molecule has 0 aliphatic rings. The number of rotatable bonds is 2. The predicted molar refractivity (Wildman–Crippen MR) is 58.9 cm³/mol. The Kier molecular flexibility index (Phi) is 3.27. The number of nitrogens with zero attached hydrogens (tertiary/aromatic N) is 2. The van der Waals surface area contributed by atoms with E-state index in [4.69, 9.17) is 0 Å². The SMILES string of the molecule is CNN(C)c1nc(C)cc(Br)c1C. The molecule has 0 saturated heterocycles. The number of aromatic nitrogens is 1. The molecule has 0 aromatic carbocycles. The zero-order chi connectivity index (χ0) is 10.0. The lowest BCUT2D eigenvalue weighted by Crippen LogP contribution is -2.32. The van der Waals surface area contributed by atoms with Crippen LogP contribution in [0.15, 0.2) is 10.5 Å². The molecule has 1 N–H and O–H groups in total. The molecule has 72 valence electrons. The van der Waals surface area contributed by atoms with Crippen LogP contribution in [-0.4, -0.2) is 19.1 Å². The van der Waals surface area contributed by atoms with Crippen molar-refractivity contribution < 1.29 is 0 Å². The molecule has 0 atom stereocenters. The van der Waals surface area contributed by atoms with Gasteiger partial charge < -0.3 is 0 Å². The van der Waals surface area contributed by atoms with Crippen LogP contribution >= 0.6 is 15.9 Å². The third-order valence-corrected chi connectivity index (χ3v) is 2.79. The van der Waals surface area contributed by atoms with E-state index in [2.05, 4.69) is 26.3 Å². The van der Waals surface area contributed by atoms with E-state index in [1.165, 1.54) is 0 Å². The maximum absolute atomic E-state index is 4.44. The Morgan fingerprint density at radius 3 is 2.62 bits per heavy atom. The summed E-state index contributed by atoms with van der Waals surface area (Å²) < 4.78 is 1.09. The van der Waals surface area contributed by atoms with Crippen molar-refractivity contribution >= 4 is 21.7 Å². The molecule has 0 spiro atoms. The van der Waals surface area contributed by atoms with Crippen LogP contribution < -0.4 is 10.4 Å². The molecular weight excluding hydrogens is 230 g/mol. The van der Waals surface area contributed by atoms with Crippen LogP contribution in [-0.2, 0) is 0 Å². The summed E-state index contributed by atoms with van der Waals surface area (Å²) in [5.74, 6) is 0.953. The van der Waals surface area contributed by atoms with Gasteiger partial charge >= 0.3 is 0 Å². The van der Waals surface area contributed by atoms with Gasteiger partial charge in [0, 0.05) is 29.8 Å². The first-order valence-corrected chi connectivity index (χ1v) is 4.90. The molecule has 1 aromatic rings. The Hall–Kier alpha value is -0.610. The monoisotopic (exact) mass is 243 g/mol. The molecule has 0 saturated carbocycles. The van der Waals surface area contributed by atoms with Gasteiger partial charge in [-0.15, -0.1) is 0 Å². The van der Waals surface area contributed by atoms with E-state index in [1.807, 2.05) is 39.0 Å². The molecule has 1 aromatic heterocycles. The van der Waals surface area contributed by atoms with Gasteiger partial charge in [0.25, 0.3) is 0 Å². The summed E-state index contributed by atoms with van der Waals surface area (Å²) in [6.45, 7) is 4.02. The summed E-state index contributed by atoms with van der Waals surface area (Å²) in [5.41, 5.74) is 5.18. The normalized spacial score (nSPS) is 10.2. The van der Waals surface area contributed by atoms with Crippen molar-refractivity contribution in [3.05, 3.63) is 21.8 Å². The third kappa shape index (κ3) is 2.19. The van der Waals surface area contributed by atoms with Crippen LogP contribution in [0.3, 0.4) is 0 Å². The topological polar surface area (TPSA) is 28.2 Å². The molecular formula is C9H14BrN3.